The van der Waals surface area contributed by atoms with Gasteiger partial charge in [0.15, 0.2) is 0 Å². The number of rotatable bonds is 13. The number of nitrogens with zero attached hydrogens (tertiary/aromatic N) is 3. The van der Waals surface area contributed by atoms with Gasteiger partial charge >= 0.3 is 0 Å². The van der Waals surface area contributed by atoms with Crippen LogP contribution in [0.1, 0.15) is 83.9 Å². The molecule has 1 fully saturated rings. The van der Waals surface area contributed by atoms with E-state index in [-0.39, 0.29) is 30.4 Å². The lowest BCUT2D eigenvalue weighted by Crippen LogP contribution is -2.48. The lowest BCUT2D eigenvalue weighted by Gasteiger charge is -2.33. The molecule has 1 heterocycles. The Morgan fingerprint density at radius 1 is 1.06 bits per heavy atom. The number of hydrogen-bond donors (Lipinski definition) is 0. The number of methoxy groups -OCH3 is 1. The van der Waals surface area contributed by atoms with Crippen molar-refractivity contribution in [2.24, 2.45) is 5.92 Å². The molecule has 0 N–H and O–H groups in total. The molecule has 1 unspecified atom stereocenters. The van der Waals surface area contributed by atoms with Crippen LogP contribution in [0.15, 0.2) is 42.6 Å². The Kier molecular flexibility index (Phi) is 10.4. The van der Waals surface area contributed by atoms with Crippen molar-refractivity contribution in [1.82, 2.24) is 14.4 Å². The van der Waals surface area contributed by atoms with Crippen molar-refractivity contribution in [2.45, 2.75) is 97.8 Å². The highest BCUT2D eigenvalue weighted by Crippen LogP contribution is 2.29. The molecule has 1 aliphatic carbocycles. The molecule has 2 amide bonds. The minimum Gasteiger partial charge on any atom is -0.497 e. The fourth-order valence-corrected chi connectivity index (χ4v) is 5.17. The third-order valence-electron chi connectivity index (χ3n) is 7.68. The van der Waals surface area contributed by atoms with Crippen LogP contribution in [0.5, 0.6) is 5.75 Å². The van der Waals surface area contributed by atoms with Crippen molar-refractivity contribution < 1.29 is 14.3 Å². The Morgan fingerprint density at radius 2 is 1.81 bits per heavy atom. The van der Waals surface area contributed by atoms with Gasteiger partial charge in [-0.05, 0) is 69.4 Å². The Bertz CT molecular complexity index is 977. The summed E-state index contributed by atoms with van der Waals surface area (Å²) in [7, 11) is 1.68. The predicted octanol–water partition coefficient (Wildman–Crippen LogP) is 5.88. The predicted molar refractivity (Wildman–Crippen MR) is 145 cm³/mol. The highest BCUT2D eigenvalue weighted by atomic mass is 16.5. The summed E-state index contributed by atoms with van der Waals surface area (Å²) < 4.78 is 7.56. The van der Waals surface area contributed by atoms with Gasteiger partial charge in [-0.2, -0.15) is 0 Å². The summed E-state index contributed by atoms with van der Waals surface area (Å²) in [6.45, 7) is 9.58. The summed E-state index contributed by atoms with van der Waals surface area (Å²) >= 11 is 0. The molecule has 3 rings (SSSR count). The van der Waals surface area contributed by atoms with Crippen LogP contribution in [0, 0.1) is 5.92 Å². The molecule has 36 heavy (non-hydrogen) atoms. The highest BCUT2D eigenvalue weighted by Gasteiger charge is 2.27. The number of carbonyl (C=O) groups excluding carboxylic acids is 2. The number of carbonyl (C=O) groups is 2. The van der Waals surface area contributed by atoms with Gasteiger partial charge in [0.1, 0.15) is 5.75 Å². The SMILES string of the molecule is CCC(C)N(Cc1cccn1Cc1cccc(OC)c1)C(=O)CN(C(=O)CCC1CCCC1)C(C)C. The second-order valence-electron chi connectivity index (χ2n) is 10.6. The maximum Gasteiger partial charge on any atom is 0.242 e. The van der Waals surface area contributed by atoms with Gasteiger partial charge in [0, 0.05) is 36.9 Å². The molecule has 0 spiro atoms. The summed E-state index contributed by atoms with van der Waals surface area (Å²) in [5, 5.41) is 0. The molecular formula is C30H45N3O3. The monoisotopic (exact) mass is 495 g/mol. The average Bonchev–Trinajstić information content (AvgIpc) is 3.55. The van der Waals surface area contributed by atoms with E-state index in [0.717, 1.165) is 29.8 Å². The second kappa shape index (κ2) is 13.5. The summed E-state index contributed by atoms with van der Waals surface area (Å²) in [5.41, 5.74) is 2.22. The van der Waals surface area contributed by atoms with Crippen LogP contribution < -0.4 is 4.74 Å². The van der Waals surface area contributed by atoms with Gasteiger partial charge in [0.05, 0.1) is 20.2 Å². The Morgan fingerprint density at radius 3 is 2.47 bits per heavy atom. The van der Waals surface area contributed by atoms with E-state index in [1.807, 2.05) is 43.0 Å². The molecule has 6 nitrogen and oxygen atoms in total. The smallest absolute Gasteiger partial charge is 0.242 e. The molecule has 1 aromatic carbocycles. The quantitative estimate of drug-likeness (QED) is 0.349. The lowest BCUT2D eigenvalue weighted by atomic mass is 10.0. The van der Waals surface area contributed by atoms with Crippen LogP contribution in [-0.4, -0.2) is 51.9 Å². The van der Waals surface area contributed by atoms with E-state index in [1.165, 1.54) is 25.7 Å². The van der Waals surface area contributed by atoms with Crippen molar-refractivity contribution in [3.05, 3.63) is 53.9 Å². The number of aromatic nitrogens is 1. The van der Waals surface area contributed by atoms with Crippen molar-refractivity contribution in [3.63, 3.8) is 0 Å². The standard InChI is InChI=1S/C30H45N3O3/c1-6-24(4)33(21-27-14-10-18-31(27)20-26-13-9-15-28(19-26)36-5)30(35)22-32(23(2)3)29(34)17-16-25-11-7-8-12-25/h9-10,13-15,18-19,23-25H,6-8,11-12,16-17,20-22H2,1-5H3. The number of benzene rings is 1. The van der Waals surface area contributed by atoms with Crippen molar-refractivity contribution in [3.8, 4) is 5.75 Å². The van der Waals surface area contributed by atoms with Crippen LogP contribution in [0.3, 0.4) is 0 Å². The molecule has 0 radical (unpaired) electrons. The number of hydrogen-bond acceptors (Lipinski definition) is 3. The molecule has 0 aliphatic heterocycles. The number of ether oxygens (including phenoxy) is 1. The van der Waals surface area contributed by atoms with Gasteiger partial charge in [0.25, 0.3) is 0 Å². The molecule has 0 saturated heterocycles. The highest BCUT2D eigenvalue weighted by molar-refractivity contribution is 5.85. The van der Waals surface area contributed by atoms with E-state index < -0.39 is 0 Å². The van der Waals surface area contributed by atoms with Gasteiger partial charge in [-0.25, -0.2) is 0 Å². The van der Waals surface area contributed by atoms with E-state index in [0.29, 0.717) is 25.4 Å². The van der Waals surface area contributed by atoms with Crippen LogP contribution in [-0.2, 0) is 22.7 Å². The van der Waals surface area contributed by atoms with Gasteiger partial charge in [-0.3, -0.25) is 9.59 Å². The maximum absolute atomic E-state index is 13.6. The van der Waals surface area contributed by atoms with E-state index in [4.69, 9.17) is 4.74 Å². The Labute approximate surface area is 217 Å². The lowest BCUT2D eigenvalue weighted by molar-refractivity contribution is -0.143. The first-order valence-corrected chi connectivity index (χ1v) is 13.7. The molecular weight excluding hydrogens is 450 g/mol. The zero-order valence-electron chi connectivity index (χ0n) is 22.9. The molecule has 6 heteroatoms. The van der Waals surface area contributed by atoms with Crippen molar-refractivity contribution in [1.29, 1.82) is 0 Å². The minimum absolute atomic E-state index is 0.000679. The van der Waals surface area contributed by atoms with Gasteiger partial charge in [-0.15, -0.1) is 0 Å². The topological polar surface area (TPSA) is 54.8 Å². The third kappa shape index (κ3) is 7.62. The zero-order valence-corrected chi connectivity index (χ0v) is 22.9. The van der Waals surface area contributed by atoms with Crippen molar-refractivity contribution >= 4 is 11.8 Å². The Hall–Kier alpha value is -2.76. The third-order valence-corrected chi connectivity index (χ3v) is 7.68. The molecule has 198 valence electrons. The number of amides is 2. The minimum atomic E-state index is 0.000679. The first-order valence-electron chi connectivity index (χ1n) is 13.7. The zero-order chi connectivity index (χ0) is 26.1. The Balaban J connectivity index is 1.69. The second-order valence-corrected chi connectivity index (χ2v) is 10.6. The van der Waals surface area contributed by atoms with E-state index in [9.17, 15) is 9.59 Å². The average molecular weight is 496 g/mol. The maximum atomic E-state index is 13.6. The summed E-state index contributed by atoms with van der Waals surface area (Å²) in [4.78, 5) is 30.4. The first kappa shape index (κ1) is 27.8. The normalized spacial score (nSPS) is 14.7. The van der Waals surface area contributed by atoms with Gasteiger partial charge < -0.3 is 19.1 Å². The fourth-order valence-electron chi connectivity index (χ4n) is 5.17. The molecule has 1 aromatic heterocycles. The first-order chi connectivity index (χ1) is 17.3. The fraction of sp³-hybridized carbons (Fsp3) is 0.600. The van der Waals surface area contributed by atoms with Crippen LogP contribution in [0.4, 0.5) is 0 Å². The van der Waals surface area contributed by atoms with Crippen LogP contribution >= 0.6 is 0 Å². The summed E-state index contributed by atoms with van der Waals surface area (Å²) in [6.07, 6.45) is 9.46. The largest absolute Gasteiger partial charge is 0.497 e. The van der Waals surface area contributed by atoms with E-state index >= 15 is 0 Å². The van der Waals surface area contributed by atoms with Crippen LogP contribution in [0.25, 0.3) is 0 Å². The molecule has 2 aromatic rings. The van der Waals surface area contributed by atoms with Gasteiger partial charge in [0.2, 0.25) is 11.8 Å². The molecule has 0 bridgehead atoms. The molecule has 1 aliphatic rings. The molecule has 1 atom stereocenters. The van der Waals surface area contributed by atoms with E-state index in [2.05, 4.69) is 36.7 Å². The molecule has 1 saturated carbocycles. The van der Waals surface area contributed by atoms with E-state index in [1.54, 1.807) is 12.0 Å². The summed E-state index contributed by atoms with van der Waals surface area (Å²) in [5.74, 6) is 1.63. The van der Waals surface area contributed by atoms with Crippen molar-refractivity contribution in [2.75, 3.05) is 13.7 Å². The van der Waals surface area contributed by atoms with Crippen LogP contribution in [0.2, 0.25) is 0 Å². The van der Waals surface area contributed by atoms with Gasteiger partial charge in [-0.1, -0.05) is 44.7 Å². The summed E-state index contributed by atoms with van der Waals surface area (Å²) in [6, 6.07) is 12.3.